The number of ether oxygens (including phenoxy) is 1. The smallest absolute Gasteiger partial charge is 0.305 e. The molecule has 0 N–H and O–H groups in total. The van der Waals surface area contributed by atoms with Crippen LogP contribution in [0.4, 0.5) is 0 Å². The highest BCUT2D eigenvalue weighted by molar-refractivity contribution is 5.78. The third-order valence-corrected chi connectivity index (χ3v) is 8.92. The van der Waals surface area contributed by atoms with Gasteiger partial charge in [-0.25, -0.2) is 0 Å². The molecule has 0 aromatic heterocycles. The van der Waals surface area contributed by atoms with Crippen LogP contribution in [0.15, 0.2) is 0 Å². The van der Waals surface area contributed by atoms with Crippen LogP contribution in [0.1, 0.15) is 98.6 Å². The van der Waals surface area contributed by atoms with E-state index in [9.17, 15) is 9.59 Å². The normalized spacial score (nSPS) is 21.6. The number of carbonyl (C=O) groups is 2. The molecule has 32 heavy (non-hydrogen) atoms. The quantitative estimate of drug-likeness (QED) is 0.342. The topological polar surface area (TPSA) is 43.4 Å². The number of rotatable bonds is 11. The SMILES string of the molecule is COC(=O)CCC[C@H](CCC(=O)CCc1c(C)c(C)c(C)c(C)c1C)[C@H]1CC[C@@H](C)[C@H]1C. The molecule has 1 aromatic rings. The van der Waals surface area contributed by atoms with E-state index in [1.54, 1.807) is 0 Å². The van der Waals surface area contributed by atoms with E-state index in [-0.39, 0.29) is 5.97 Å². The molecule has 0 spiro atoms. The van der Waals surface area contributed by atoms with Crippen molar-refractivity contribution in [2.45, 2.75) is 106 Å². The van der Waals surface area contributed by atoms with Crippen molar-refractivity contribution < 1.29 is 14.3 Å². The average Bonchev–Trinajstić information content (AvgIpc) is 3.11. The van der Waals surface area contributed by atoms with E-state index in [0.717, 1.165) is 31.6 Å². The van der Waals surface area contributed by atoms with Crippen LogP contribution >= 0.6 is 0 Å². The van der Waals surface area contributed by atoms with E-state index in [1.807, 2.05) is 0 Å². The van der Waals surface area contributed by atoms with Crippen molar-refractivity contribution in [3.8, 4) is 0 Å². The van der Waals surface area contributed by atoms with Gasteiger partial charge in [-0.1, -0.05) is 20.3 Å². The van der Waals surface area contributed by atoms with Crippen molar-refractivity contribution in [2.75, 3.05) is 7.11 Å². The molecule has 0 saturated heterocycles. The van der Waals surface area contributed by atoms with Crippen molar-refractivity contribution in [1.82, 2.24) is 0 Å². The number of Topliss-reactive ketones (excluding diaryl/α,β-unsaturated/α-hetero) is 1. The minimum Gasteiger partial charge on any atom is -0.469 e. The Morgan fingerprint density at radius 1 is 0.844 bits per heavy atom. The van der Waals surface area contributed by atoms with Crippen LogP contribution in [0.2, 0.25) is 0 Å². The lowest BCUT2D eigenvalue weighted by Crippen LogP contribution is -2.21. The van der Waals surface area contributed by atoms with Gasteiger partial charge in [0.1, 0.15) is 5.78 Å². The van der Waals surface area contributed by atoms with Gasteiger partial charge >= 0.3 is 5.97 Å². The first-order valence-electron chi connectivity index (χ1n) is 12.7. The second-order valence-electron chi connectivity index (χ2n) is 10.5. The van der Waals surface area contributed by atoms with E-state index in [4.69, 9.17) is 4.74 Å². The molecule has 4 atom stereocenters. The highest BCUT2D eigenvalue weighted by Gasteiger charge is 2.35. The summed E-state index contributed by atoms with van der Waals surface area (Å²) in [5, 5.41) is 0. The maximum absolute atomic E-state index is 12.9. The third kappa shape index (κ3) is 6.45. The molecule has 2 rings (SSSR count). The summed E-state index contributed by atoms with van der Waals surface area (Å²) in [6, 6.07) is 0. The van der Waals surface area contributed by atoms with Gasteiger partial charge in [0.25, 0.3) is 0 Å². The van der Waals surface area contributed by atoms with Crippen LogP contribution in [-0.2, 0) is 20.7 Å². The molecule has 0 bridgehead atoms. The fourth-order valence-electron chi connectivity index (χ4n) is 5.94. The first kappa shape index (κ1) is 26.6. The second-order valence-corrected chi connectivity index (χ2v) is 10.5. The van der Waals surface area contributed by atoms with Crippen molar-refractivity contribution in [2.24, 2.45) is 23.7 Å². The van der Waals surface area contributed by atoms with Crippen molar-refractivity contribution in [3.63, 3.8) is 0 Å². The standard InChI is InChI=1S/C29H46O3/c1-18-12-16-28(19(18)2)25(10-9-11-29(31)32-8)13-14-26(30)15-17-27-23(6)21(4)20(3)22(5)24(27)7/h18-19,25,28H,9-17H2,1-8H3/t18-,19-,25-,28+/m1/s1. The Kier molecular flexibility index (Phi) is 9.98. The Morgan fingerprint density at radius 2 is 1.44 bits per heavy atom. The summed E-state index contributed by atoms with van der Waals surface area (Å²) in [5.41, 5.74) is 8.19. The van der Waals surface area contributed by atoms with Gasteiger partial charge < -0.3 is 4.74 Å². The number of esters is 1. The molecule has 0 amide bonds. The van der Waals surface area contributed by atoms with E-state index in [0.29, 0.717) is 42.8 Å². The Labute approximate surface area is 196 Å². The maximum atomic E-state index is 12.9. The summed E-state index contributed by atoms with van der Waals surface area (Å²) in [6.45, 7) is 15.7. The summed E-state index contributed by atoms with van der Waals surface area (Å²) in [4.78, 5) is 24.5. The average molecular weight is 443 g/mol. The van der Waals surface area contributed by atoms with Crippen molar-refractivity contribution >= 4 is 11.8 Å². The highest BCUT2D eigenvalue weighted by atomic mass is 16.5. The fraction of sp³-hybridized carbons (Fsp3) is 0.724. The van der Waals surface area contributed by atoms with Crippen LogP contribution in [0.3, 0.4) is 0 Å². The van der Waals surface area contributed by atoms with Crippen molar-refractivity contribution in [3.05, 3.63) is 33.4 Å². The first-order chi connectivity index (χ1) is 15.1. The Bertz CT molecular complexity index is 778. The first-order valence-corrected chi connectivity index (χ1v) is 12.7. The molecule has 1 aliphatic rings. The molecule has 0 radical (unpaired) electrons. The zero-order valence-electron chi connectivity index (χ0n) is 21.9. The van der Waals surface area contributed by atoms with Gasteiger partial charge in [-0.05, 0) is 124 Å². The van der Waals surface area contributed by atoms with E-state index < -0.39 is 0 Å². The zero-order valence-corrected chi connectivity index (χ0v) is 21.9. The lowest BCUT2D eigenvalue weighted by molar-refractivity contribution is -0.140. The minimum absolute atomic E-state index is 0.123. The van der Waals surface area contributed by atoms with Gasteiger partial charge in [-0.3, -0.25) is 9.59 Å². The van der Waals surface area contributed by atoms with Gasteiger partial charge in [0.15, 0.2) is 0 Å². The number of carbonyl (C=O) groups excluding carboxylic acids is 2. The van der Waals surface area contributed by atoms with Gasteiger partial charge in [-0.15, -0.1) is 0 Å². The van der Waals surface area contributed by atoms with Gasteiger partial charge in [0.05, 0.1) is 7.11 Å². The molecule has 180 valence electrons. The molecule has 1 aliphatic carbocycles. The van der Waals surface area contributed by atoms with E-state index >= 15 is 0 Å². The maximum Gasteiger partial charge on any atom is 0.305 e. The summed E-state index contributed by atoms with van der Waals surface area (Å²) in [6.07, 6.45) is 8.05. The van der Waals surface area contributed by atoms with Crippen LogP contribution in [-0.4, -0.2) is 18.9 Å². The lowest BCUT2D eigenvalue weighted by atomic mass is 9.77. The predicted octanol–water partition coefficient (Wildman–Crippen LogP) is 7.15. The van der Waals surface area contributed by atoms with Gasteiger partial charge in [0.2, 0.25) is 0 Å². The minimum atomic E-state index is -0.123. The highest BCUT2D eigenvalue weighted by Crippen LogP contribution is 2.44. The monoisotopic (exact) mass is 442 g/mol. The molecule has 3 heteroatoms. The predicted molar refractivity (Wildman–Crippen MR) is 133 cm³/mol. The molecule has 1 fully saturated rings. The molecule has 3 nitrogen and oxygen atoms in total. The van der Waals surface area contributed by atoms with Crippen LogP contribution < -0.4 is 0 Å². The molecule has 1 saturated carbocycles. The van der Waals surface area contributed by atoms with E-state index in [1.165, 1.54) is 53.3 Å². The number of methoxy groups -OCH3 is 1. The number of hydrogen-bond acceptors (Lipinski definition) is 3. The largest absolute Gasteiger partial charge is 0.469 e. The number of benzene rings is 1. The molecule has 0 heterocycles. The Balaban J connectivity index is 1.97. The second kappa shape index (κ2) is 12.0. The van der Waals surface area contributed by atoms with Crippen LogP contribution in [0, 0.1) is 58.3 Å². The summed E-state index contributed by atoms with van der Waals surface area (Å²) in [5.74, 6) is 2.95. The van der Waals surface area contributed by atoms with Crippen molar-refractivity contribution in [1.29, 1.82) is 0 Å². The summed E-state index contributed by atoms with van der Waals surface area (Å²) < 4.78 is 4.82. The van der Waals surface area contributed by atoms with Crippen LogP contribution in [0.25, 0.3) is 0 Å². The summed E-state index contributed by atoms with van der Waals surface area (Å²) in [7, 11) is 1.46. The van der Waals surface area contributed by atoms with Gasteiger partial charge in [0, 0.05) is 19.3 Å². The lowest BCUT2D eigenvalue weighted by Gasteiger charge is -2.28. The molecular weight excluding hydrogens is 396 g/mol. The molecule has 1 aromatic carbocycles. The van der Waals surface area contributed by atoms with Gasteiger partial charge in [-0.2, -0.15) is 0 Å². The fourth-order valence-corrected chi connectivity index (χ4v) is 5.94. The van der Waals surface area contributed by atoms with Crippen LogP contribution in [0.5, 0.6) is 0 Å². The number of hydrogen-bond donors (Lipinski definition) is 0. The molecular formula is C29H46O3. The molecule has 0 unspecified atom stereocenters. The molecule has 0 aliphatic heterocycles. The Hall–Kier alpha value is -1.64. The zero-order chi connectivity index (χ0) is 24.0. The summed E-state index contributed by atoms with van der Waals surface area (Å²) >= 11 is 0. The van der Waals surface area contributed by atoms with E-state index in [2.05, 4.69) is 48.5 Å². The third-order valence-electron chi connectivity index (χ3n) is 8.92. The number of ketones is 1. The Morgan fingerprint density at radius 3 is 1.97 bits per heavy atom.